The number of carbonyl (C=O) groups is 1. The molecule has 20 heavy (non-hydrogen) atoms. The molecule has 2 aromatic rings. The van der Waals surface area contributed by atoms with Crippen LogP contribution in [0.2, 0.25) is 0 Å². The van der Waals surface area contributed by atoms with E-state index >= 15 is 0 Å². The van der Waals surface area contributed by atoms with Crippen molar-refractivity contribution in [2.45, 2.75) is 32.4 Å². The van der Waals surface area contributed by atoms with Crippen molar-refractivity contribution in [2.75, 3.05) is 0 Å². The standard InChI is InChI=1S/C15H19N3OS/c1-11-14(20-10-18-11)9-17-15(19)8-7-13(16)12-5-3-2-4-6-12/h2-6,10,13H,7-9,16H2,1H3,(H,17,19). The lowest BCUT2D eigenvalue weighted by Crippen LogP contribution is -2.24. The third kappa shape index (κ3) is 4.15. The van der Waals surface area contributed by atoms with Crippen molar-refractivity contribution in [1.82, 2.24) is 10.3 Å². The average Bonchev–Trinajstić information content (AvgIpc) is 2.89. The van der Waals surface area contributed by atoms with Crippen LogP contribution < -0.4 is 11.1 Å². The number of thiazole rings is 1. The summed E-state index contributed by atoms with van der Waals surface area (Å²) in [6, 6.07) is 9.77. The van der Waals surface area contributed by atoms with E-state index in [9.17, 15) is 4.79 Å². The summed E-state index contributed by atoms with van der Waals surface area (Å²) >= 11 is 1.56. The molecule has 3 N–H and O–H groups in total. The second-order valence-corrected chi connectivity index (χ2v) is 5.63. The van der Waals surface area contributed by atoms with Crippen LogP contribution in [0.1, 0.15) is 35.0 Å². The predicted octanol–water partition coefficient (Wildman–Crippen LogP) is 2.55. The highest BCUT2D eigenvalue weighted by atomic mass is 32.1. The molecule has 1 atom stereocenters. The van der Waals surface area contributed by atoms with Crippen molar-refractivity contribution >= 4 is 17.2 Å². The van der Waals surface area contributed by atoms with E-state index in [-0.39, 0.29) is 11.9 Å². The average molecular weight is 289 g/mol. The number of hydrogen-bond acceptors (Lipinski definition) is 4. The third-order valence-corrected chi connectivity index (χ3v) is 4.14. The minimum Gasteiger partial charge on any atom is -0.351 e. The van der Waals surface area contributed by atoms with Gasteiger partial charge in [-0.25, -0.2) is 4.98 Å². The van der Waals surface area contributed by atoms with E-state index in [0.717, 1.165) is 16.1 Å². The molecular formula is C15H19N3OS. The molecule has 1 heterocycles. The minimum absolute atomic E-state index is 0.0316. The second-order valence-electron chi connectivity index (χ2n) is 4.69. The first kappa shape index (κ1) is 14.7. The molecule has 0 bridgehead atoms. The molecule has 0 saturated carbocycles. The molecule has 0 saturated heterocycles. The third-order valence-electron chi connectivity index (χ3n) is 3.20. The van der Waals surface area contributed by atoms with Crippen molar-refractivity contribution in [1.29, 1.82) is 0 Å². The van der Waals surface area contributed by atoms with Crippen LogP contribution in [0, 0.1) is 6.92 Å². The van der Waals surface area contributed by atoms with E-state index in [0.29, 0.717) is 19.4 Å². The largest absolute Gasteiger partial charge is 0.351 e. The summed E-state index contributed by atoms with van der Waals surface area (Å²) in [6.07, 6.45) is 1.09. The maximum absolute atomic E-state index is 11.8. The summed E-state index contributed by atoms with van der Waals surface area (Å²) in [5.74, 6) is 0.0316. The molecule has 0 fully saturated rings. The number of nitrogens with one attached hydrogen (secondary N) is 1. The van der Waals surface area contributed by atoms with Crippen molar-refractivity contribution in [2.24, 2.45) is 5.73 Å². The van der Waals surface area contributed by atoms with E-state index in [1.54, 1.807) is 16.8 Å². The molecule has 1 unspecified atom stereocenters. The molecular weight excluding hydrogens is 270 g/mol. The number of hydrogen-bond donors (Lipinski definition) is 2. The van der Waals surface area contributed by atoms with Crippen LogP contribution in [0.15, 0.2) is 35.8 Å². The first-order valence-corrected chi connectivity index (χ1v) is 7.51. The van der Waals surface area contributed by atoms with Crippen molar-refractivity contribution in [3.05, 3.63) is 52.0 Å². The highest BCUT2D eigenvalue weighted by molar-refractivity contribution is 7.09. The maximum atomic E-state index is 11.8. The molecule has 1 aromatic heterocycles. The van der Waals surface area contributed by atoms with Gasteiger partial charge < -0.3 is 11.1 Å². The van der Waals surface area contributed by atoms with Crippen LogP contribution >= 0.6 is 11.3 Å². The minimum atomic E-state index is -0.0907. The van der Waals surface area contributed by atoms with Crippen LogP contribution in [-0.4, -0.2) is 10.9 Å². The molecule has 0 aliphatic heterocycles. The lowest BCUT2D eigenvalue weighted by molar-refractivity contribution is -0.121. The summed E-state index contributed by atoms with van der Waals surface area (Å²) in [5, 5.41) is 2.91. The Kier molecular flexibility index (Phi) is 5.26. The Morgan fingerprint density at radius 2 is 2.15 bits per heavy atom. The van der Waals surface area contributed by atoms with E-state index < -0.39 is 0 Å². The number of rotatable bonds is 6. The molecule has 4 nitrogen and oxygen atoms in total. The first-order chi connectivity index (χ1) is 9.66. The zero-order valence-electron chi connectivity index (χ0n) is 11.5. The molecule has 2 rings (SSSR count). The lowest BCUT2D eigenvalue weighted by atomic mass is 10.0. The Balaban J connectivity index is 1.74. The van der Waals surface area contributed by atoms with Gasteiger partial charge in [-0.2, -0.15) is 0 Å². The van der Waals surface area contributed by atoms with Crippen LogP contribution in [0.3, 0.4) is 0 Å². The van der Waals surface area contributed by atoms with E-state index in [4.69, 9.17) is 5.73 Å². The predicted molar refractivity (Wildman–Crippen MR) is 81.3 cm³/mol. The molecule has 106 valence electrons. The Hall–Kier alpha value is -1.72. The van der Waals surface area contributed by atoms with Crippen molar-refractivity contribution < 1.29 is 4.79 Å². The molecule has 0 spiro atoms. The van der Waals surface area contributed by atoms with Crippen molar-refractivity contribution in [3.63, 3.8) is 0 Å². The molecule has 5 heteroatoms. The van der Waals surface area contributed by atoms with Gasteiger partial charge in [-0.05, 0) is 18.9 Å². The summed E-state index contributed by atoms with van der Waals surface area (Å²) < 4.78 is 0. The van der Waals surface area contributed by atoms with Crippen LogP contribution in [0.25, 0.3) is 0 Å². The van der Waals surface area contributed by atoms with E-state index in [1.165, 1.54) is 0 Å². The van der Waals surface area contributed by atoms with Gasteiger partial charge in [0.05, 0.1) is 17.7 Å². The van der Waals surface area contributed by atoms with E-state index in [2.05, 4.69) is 10.3 Å². The number of carbonyl (C=O) groups excluding carboxylic acids is 1. The van der Waals surface area contributed by atoms with Crippen LogP contribution in [0.4, 0.5) is 0 Å². The molecule has 0 aliphatic carbocycles. The zero-order valence-corrected chi connectivity index (χ0v) is 12.3. The zero-order chi connectivity index (χ0) is 14.4. The van der Waals surface area contributed by atoms with Gasteiger partial charge in [0.1, 0.15) is 0 Å². The smallest absolute Gasteiger partial charge is 0.220 e. The number of benzene rings is 1. The fourth-order valence-corrected chi connectivity index (χ4v) is 2.63. The van der Waals surface area contributed by atoms with Gasteiger partial charge in [0.15, 0.2) is 0 Å². The summed E-state index contributed by atoms with van der Waals surface area (Å²) in [7, 11) is 0. The Morgan fingerprint density at radius 3 is 2.80 bits per heavy atom. The van der Waals surface area contributed by atoms with Crippen LogP contribution in [0.5, 0.6) is 0 Å². The normalized spacial score (nSPS) is 12.1. The first-order valence-electron chi connectivity index (χ1n) is 6.63. The Bertz CT molecular complexity index is 553. The number of amides is 1. The second kappa shape index (κ2) is 7.17. The van der Waals surface area contributed by atoms with Crippen LogP contribution in [-0.2, 0) is 11.3 Å². The number of nitrogens with zero attached hydrogens (tertiary/aromatic N) is 1. The summed E-state index contributed by atoms with van der Waals surface area (Å²) in [6.45, 7) is 2.50. The van der Waals surface area contributed by atoms with Gasteiger partial charge in [-0.3, -0.25) is 4.79 Å². The van der Waals surface area contributed by atoms with Crippen molar-refractivity contribution in [3.8, 4) is 0 Å². The molecule has 0 aliphatic rings. The molecule has 0 radical (unpaired) electrons. The van der Waals surface area contributed by atoms with Gasteiger partial charge in [0.25, 0.3) is 0 Å². The summed E-state index contributed by atoms with van der Waals surface area (Å²) in [4.78, 5) is 17.1. The van der Waals surface area contributed by atoms with E-state index in [1.807, 2.05) is 37.3 Å². The van der Waals surface area contributed by atoms with Gasteiger partial charge in [0, 0.05) is 17.3 Å². The maximum Gasteiger partial charge on any atom is 0.220 e. The fourth-order valence-electron chi connectivity index (χ4n) is 1.92. The SMILES string of the molecule is Cc1ncsc1CNC(=O)CCC(N)c1ccccc1. The quantitative estimate of drug-likeness (QED) is 0.858. The highest BCUT2D eigenvalue weighted by Crippen LogP contribution is 2.15. The summed E-state index contributed by atoms with van der Waals surface area (Å²) in [5.41, 5.74) is 9.91. The van der Waals surface area contributed by atoms with Gasteiger partial charge in [-0.1, -0.05) is 30.3 Å². The van der Waals surface area contributed by atoms with Gasteiger partial charge in [-0.15, -0.1) is 11.3 Å². The Morgan fingerprint density at radius 1 is 1.40 bits per heavy atom. The molecule has 1 amide bonds. The number of aryl methyl sites for hydroxylation is 1. The fraction of sp³-hybridized carbons (Fsp3) is 0.333. The Labute approximate surface area is 123 Å². The number of aromatic nitrogens is 1. The number of nitrogens with two attached hydrogens (primary N) is 1. The van der Waals surface area contributed by atoms with Gasteiger partial charge >= 0.3 is 0 Å². The highest BCUT2D eigenvalue weighted by Gasteiger charge is 2.09. The lowest BCUT2D eigenvalue weighted by Gasteiger charge is -2.11. The molecule has 1 aromatic carbocycles. The van der Waals surface area contributed by atoms with Gasteiger partial charge in [0.2, 0.25) is 5.91 Å². The monoisotopic (exact) mass is 289 g/mol. The topological polar surface area (TPSA) is 68.0 Å².